The molecule has 76 valence electrons. The average molecular weight is 193 g/mol. The van der Waals surface area contributed by atoms with Crippen molar-refractivity contribution in [3.05, 3.63) is 12.2 Å². The first-order chi connectivity index (χ1) is 6.75. The molecule has 4 heteroatoms. The lowest BCUT2D eigenvalue weighted by atomic mass is 9.86. The number of hydrazone groups is 1. The largest absolute Gasteiger partial charge is 0.350 e. The zero-order valence-electron chi connectivity index (χ0n) is 8.07. The van der Waals surface area contributed by atoms with Crippen molar-refractivity contribution in [2.45, 2.75) is 25.7 Å². The molecular formula is C10H15N3O. The smallest absolute Gasteiger partial charge is 0.332 e. The lowest BCUT2D eigenvalue weighted by Gasteiger charge is -2.18. The van der Waals surface area contributed by atoms with Gasteiger partial charge in [0.1, 0.15) is 0 Å². The fraction of sp³-hybridized carbons (Fsp3) is 0.600. The minimum Gasteiger partial charge on any atom is -0.350 e. The molecule has 0 heterocycles. The van der Waals surface area contributed by atoms with Crippen LogP contribution in [0.2, 0.25) is 0 Å². The Balaban J connectivity index is 1.94. The number of urea groups is 1. The average Bonchev–Trinajstić information content (AvgIpc) is 2.57. The standard InChI is InChI=1S/C10H15N3O/c11-10(14)13-12-9-5-7-3-1-2-4-8(7)6-9/h1-2,7-8H,3-6H2,(H3,11,13,14). The lowest BCUT2D eigenvalue weighted by molar-refractivity contribution is 0.249. The zero-order chi connectivity index (χ0) is 9.97. The summed E-state index contributed by atoms with van der Waals surface area (Å²) < 4.78 is 0. The number of allylic oxidation sites excluding steroid dienone is 2. The second-order valence-corrected chi connectivity index (χ2v) is 4.03. The molecule has 1 saturated carbocycles. The second-order valence-electron chi connectivity index (χ2n) is 4.03. The highest BCUT2D eigenvalue weighted by molar-refractivity contribution is 5.88. The van der Waals surface area contributed by atoms with E-state index in [0.717, 1.165) is 43.2 Å². The summed E-state index contributed by atoms with van der Waals surface area (Å²) in [5.41, 5.74) is 8.34. The number of carbonyl (C=O) groups is 1. The summed E-state index contributed by atoms with van der Waals surface area (Å²) in [7, 11) is 0. The van der Waals surface area contributed by atoms with Gasteiger partial charge in [-0.2, -0.15) is 5.10 Å². The fourth-order valence-corrected chi connectivity index (χ4v) is 2.34. The highest BCUT2D eigenvalue weighted by Gasteiger charge is 2.31. The molecule has 14 heavy (non-hydrogen) atoms. The molecule has 0 aromatic rings. The highest BCUT2D eigenvalue weighted by atomic mass is 16.2. The summed E-state index contributed by atoms with van der Waals surface area (Å²) in [6.45, 7) is 0. The van der Waals surface area contributed by atoms with Crippen molar-refractivity contribution in [3.8, 4) is 0 Å². The van der Waals surface area contributed by atoms with Crippen LogP contribution < -0.4 is 11.2 Å². The van der Waals surface area contributed by atoms with Crippen molar-refractivity contribution in [3.63, 3.8) is 0 Å². The molecule has 1 fully saturated rings. The summed E-state index contributed by atoms with van der Waals surface area (Å²) in [5, 5.41) is 4.01. The number of amides is 2. The quantitative estimate of drug-likeness (QED) is 0.479. The van der Waals surface area contributed by atoms with E-state index in [0.29, 0.717) is 0 Å². The molecular weight excluding hydrogens is 178 g/mol. The number of nitrogens with one attached hydrogen (secondary N) is 1. The Hall–Kier alpha value is -1.32. The molecule has 2 rings (SSSR count). The Morgan fingerprint density at radius 1 is 1.36 bits per heavy atom. The number of nitrogens with zero attached hydrogens (tertiary/aromatic N) is 1. The molecule has 0 bridgehead atoms. The van der Waals surface area contributed by atoms with Gasteiger partial charge in [-0.3, -0.25) is 0 Å². The number of rotatable bonds is 1. The van der Waals surface area contributed by atoms with Crippen LogP contribution >= 0.6 is 0 Å². The van der Waals surface area contributed by atoms with E-state index < -0.39 is 6.03 Å². The fourth-order valence-electron chi connectivity index (χ4n) is 2.34. The minimum atomic E-state index is -0.578. The first-order valence-corrected chi connectivity index (χ1v) is 5.01. The maximum absolute atomic E-state index is 10.5. The van der Waals surface area contributed by atoms with Crippen molar-refractivity contribution in [2.75, 3.05) is 0 Å². The Bertz CT molecular complexity index is 278. The van der Waals surface area contributed by atoms with Gasteiger partial charge in [-0.25, -0.2) is 10.2 Å². The van der Waals surface area contributed by atoms with Gasteiger partial charge in [-0.1, -0.05) is 12.2 Å². The maximum Gasteiger partial charge on any atom is 0.332 e. The summed E-state index contributed by atoms with van der Waals surface area (Å²) in [6.07, 6.45) is 8.81. The molecule has 2 amide bonds. The van der Waals surface area contributed by atoms with E-state index in [9.17, 15) is 4.79 Å². The summed E-state index contributed by atoms with van der Waals surface area (Å²) >= 11 is 0. The maximum atomic E-state index is 10.5. The third-order valence-electron chi connectivity index (χ3n) is 3.03. The third kappa shape index (κ3) is 1.95. The second kappa shape index (κ2) is 3.82. The number of fused-ring (bicyclic) bond motifs is 1. The molecule has 0 spiro atoms. The number of nitrogens with two attached hydrogens (primary N) is 1. The van der Waals surface area contributed by atoms with Crippen LogP contribution in [-0.4, -0.2) is 11.7 Å². The van der Waals surface area contributed by atoms with Crippen LogP contribution in [0.25, 0.3) is 0 Å². The van der Waals surface area contributed by atoms with E-state index in [1.54, 1.807) is 0 Å². The van der Waals surface area contributed by atoms with Gasteiger partial charge in [-0.15, -0.1) is 0 Å². The molecule has 2 aliphatic rings. The van der Waals surface area contributed by atoms with Gasteiger partial charge in [0.15, 0.2) is 0 Å². The topological polar surface area (TPSA) is 67.5 Å². The van der Waals surface area contributed by atoms with E-state index >= 15 is 0 Å². The molecule has 0 aliphatic heterocycles. The Morgan fingerprint density at radius 2 is 1.93 bits per heavy atom. The van der Waals surface area contributed by atoms with Crippen molar-refractivity contribution < 1.29 is 4.79 Å². The first-order valence-electron chi connectivity index (χ1n) is 5.01. The van der Waals surface area contributed by atoms with Gasteiger partial charge in [0.25, 0.3) is 0 Å². The Labute approximate surface area is 83.2 Å². The summed E-state index contributed by atoms with van der Waals surface area (Å²) in [6, 6.07) is -0.578. The van der Waals surface area contributed by atoms with Gasteiger partial charge in [0.2, 0.25) is 0 Å². The van der Waals surface area contributed by atoms with Crippen LogP contribution in [-0.2, 0) is 0 Å². The first kappa shape index (κ1) is 9.24. The van der Waals surface area contributed by atoms with Crippen LogP contribution in [0.3, 0.4) is 0 Å². The van der Waals surface area contributed by atoms with Crippen LogP contribution in [0.15, 0.2) is 17.3 Å². The predicted octanol–water partition coefficient (Wildman–Crippen LogP) is 1.39. The van der Waals surface area contributed by atoms with Crippen LogP contribution in [0, 0.1) is 11.8 Å². The van der Waals surface area contributed by atoms with E-state index in [4.69, 9.17) is 5.73 Å². The van der Waals surface area contributed by atoms with Crippen molar-refractivity contribution >= 4 is 11.7 Å². The van der Waals surface area contributed by atoms with Crippen molar-refractivity contribution in [1.29, 1.82) is 0 Å². The summed E-state index contributed by atoms with van der Waals surface area (Å²) in [4.78, 5) is 10.5. The molecule has 0 aromatic heterocycles. The van der Waals surface area contributed by atoms with Gasteiger partial charge in [0, 0.05) is 5.71 Å². The van der Waals surface area contributed by atoms with E-state index in [1.807, 2.05) is 0 Å². The molecule has 0 radical (unpaired) electrons. The molecule has 2 unspecified atom stereocenters. The highest BCUT2D eigenvalue weighted by Crippen LogP contribution is 2.37. The van der Waals surface area contributed by atoms with Crippen molar-refractivity contribution in [2.24, 2.45) is 22.7 Å². The molecule has 4 nitrogen and oxygen atoms in total. The number of hydrogen-bond donors (Lipinski definition) is 2. The van der Waals surface area contributed by atoms with Crippen LogP contribution in [0.1, 0.15) is 25.7 Å². The van der Waals surface area contributed by atoms with E-state index in [2.05, 4.69) is 22.7 Å². The third-order valence-corrected chi connectivity index (χ3v) is 3.03. The van der Waals surface area contributed by atoms with Crippen LogP contribution in [0.4, 0.5) is 4.79 Å². The molecule has 0 aromatic carbocycles. The molecule has 3 N–H and O–H groups in total. The Morgan fingerprint density at radius 3 is 2.43 bits per heavy atom. The zero-order valence-corrected chi connectivity index (χ0v) is 8.07. The molecule has 0 saturated heterocycles. The molecule has 2 atom stereocenters. The number of primary amides is 1. The SMILES string of the molecule is NC(=O)NN=C1CC2CC=CCC2C1. The number of hydrogen-bond acceptors (Lipinski definition) is 2. The van der Waals surface area contributed by atoms with Gasteiger partial charge in [-0.05, 0) is 37.5 Å². The van der Waals surface area contributed by atoms with Crippen LogP contribution in [0.5, 0.6) is 0 Å². The Kier molecular flexibility index (Phi) is 2.52. The van der Waals surface area contributed by atoms with E-state index in [-0.39, 0.29) is 0 Å². The van der Waals surface area contributed by atoms with Gasteiger partial charge in [0.05, 0.1) is 0 Å². The van der Waals surface area contributed by atoms with Gasteiger partial charge >= 0.3 is 6.03 Å². The summed E-state index contributed by atoms with van der Waals surface area (Å²) in [5.74, 6) is 1.46. The minimum absolute atomic E-state index is 0.578. The number of carbonyl (C=O) groups excluding carboxylic acids is 1. The van der Waals surface area contributed by atoms with Crippen molar-refractivity contribution in [1.82, 2.24) is 5.43 Å². The monoisotopic (exact) mass is 193 g/mol. The van der Waals surface area contributed by atoms with Gasteiger partial charge < -0.3 is 5.73 Å². The molecule has 2 aliphatic carbocycles. The normalized spacial score (nSPS) is 29.9. The predicted molar refractivity (Wildman–Crippen MR) is 54.7 cm³/mol. The van der Waals surface area contributed by atoms with E-state index in [1.165, 1.54) is 0 Å². The lowest BCUT2D eigenvalue weighted by Crippen LogP contribution is -2.25.